The van der Waals surface area contributed by atoms with E-state index in [0.29, 0.717) is 19.3 Å². The summed E-state index contributed by atoms with van der Waals surface area (Å²) in [5, 5.41) is 10.2. The van der Waals surface area contributed by atoms with Crippen LogP contribution >= 0.6 is 0 Å². The quantitative estimate of drug-likeness (QED) is 0.360. The molecule has 0 aliphatic heterocycles. The van der Waals surface area contributed by atoms with Gasteiger partial charge in [-0.2, -0.15) is 0 Å². The zero-order valence-corrected chi connectivity index (χ0v) is 27.4. The number of allylic oxidation sites excluding steroid dienone is 3. The monoisotopic (exact) mass is 586 g/mol. The Morgan fingerprint density at radius 2 is 1.63 bits per heavy atom. The van der Waals surface area contributed by atoms with Crippen molar-refractivity contribution in [2.75, 3.05) is 7.11 Å². The number of ketones is 2. The molecule has 0 amide bonds. The highest BCUT2D eigenvalue weighted by atomic mass is 16.5. The number of rotatable bonds is 3. The van der Waals surface area contributed by atoms with Crippen LogP contribution in [0.4, 0.5) is 0 Å². The molecule has 0 saturated heterocycles. The Bertz CT molecular complexity index is 1470. The van der Waals surface area contributed by atoms with Crippen molar-refractivity contribution in [3.63, 3.8) is 0 Å². The van der Waals surface area contributed by atoms with Gasteiger partial charge in [0.25, 0.3) is 0 Å². The average molecular weight is 587 g/mol. The fourth-order valence-corrected chi connectivity index (χ4v) is 11.3. The van der Waals surface area contributed by atoms with Crippen LogP contribution in [-0.4, -0.2) is 29.8 Å². The Morgan fingerprint density at radius 3 is 2.30 bits per heavy atom. The van der Waals surface area contributed by atoms with Crippen molar-refractivity contribution in [2.45, 2.75) is 99.8 Å². The Kier molecular flexibility index (Phi) is 6.64. The van der Waals surface area contributed by atoms with E-state index in [-0.39, 0.29) is 51.0 Å². The number of carbonyl (C=O) groups excluding carboxylic acids is 2. The predicted molar refractivity (Wildman–Crippen MR) is 168 cm³/mol. The molecule has 5 aliphatic rings. The molecule has 0 aromatic heterocycles. The molecular formula is C38H50O5. The maximum atomic E-state index is 14.7. The molecule has 232 valence electrons. The van der Waals surface area contributed by atoms with Gasteiger partial charge in [0.2, 0.25) is 0 Å². The van der Waals surface area contributed by atoms with Crippen LogP contribution in [-0.2, 0) is 14.4 Å². The summed E-state index contributed by atoms with van der Waals surface area (Å²) >= 11 is 0. The van der Waals surface area contributed by atoms with Crippen LogP contribution in [0.25, 0.3) is 6.08 Å². The predicted octanol–water partition coefficient (Wildman–Crippen LogP) is 8.32. The Balaban J connectivity index is 1.47. The molecule has 4 fully saturated rings. The van der Waals surface area contributed by atoms with Gasteiger partial charge in [0.15, 0.2) is 11.6 Å². The summed E-state index contributed by atoms with van der Waals surface area (Å²) in [6.45, 7) is 15.5. The number of Topliss-reactive ketones (excluding diaryl/α,β-unsaturated/α-hetero) is 1. The second-order valence-corrected chi connectivity index (χ2v) is 16.7. The third kappa shape index (κ3) is 3.98. The number of methoxy groups -OCH3 is 1. The standard InChI is InChI=1S/C38H50O5/c1-33(2)29-13-14-38(7)30(36(29,5)21-24(31(33)40)19-23-11-9-10-12-28(23)43-8)27(39)20-25-26-22-35(4,32(41)42)16-15-34(26,3)17-18-37(25,38)6/h9-12,19-20,26,29-30H,13-18,21-22H2,1-8H3,(H,41,42)/b24-19+/t26-,29-,30+,34+,35-,36-,37+,38+/m0/s1. The second-order valence-electron chi connectivity index (χ2n) is 16.7. The Morgan fingerprint density at radius 1 is 0.953 bits per heavy atom. The molecule has 1 aromatic carbocycles. The van der Waals surface area contributed by atoms with E-state index in [9.17, 15) is 19.5 Å². The molecule has 5 nitrogen and oxygen atoms in total. The molecule has 1 aromatic rings. The van der Waals surface area contributed by atoms with Gasteiger partial charge >= 0.3 is 5.97 Å². The smallest absolute Gasteiger partial charge is 0.309 e. The van der Waals surface area contributed by atoms with Gasteiger partial charge in [0.05, 0.1) is 12.5 Å². The lowest BCUT2D eigenvalue weighted by atomic mass is 9.33. The number of fused-ring (bicyclic) bond motifs is 7. The Labute approximate surface area is 257 Å². The topological polar surface area (TPSA) is 80.7 Å². The summed E-state index contributed by atoms with van der Waals surface area (Å²) < 4.78 is 5.62. The van der Waals surface area contributed by atoms with Gasteiger partial charge in [-0.3, -0.25) is 14.4 Å². The first kappa shape index (κ1) is 30.3. The molecule has 6 rings (SSSR count). The zero-order chi connectivity index (χ0) is 31.4. The summed E-state index contributed by atoms with van der Waals surface area (Å²) in [7, 11) is 1.65. The fourth-order valence-electron chi connectivity index (χ4n) is 11.3. The van der Waals surface area contributed by atoms with Crippen LogP contribution in [0, 0.1) is 50.2 Å². The first-order chi connectivity index (χ1) is 20.0. The zero-order valence-electron chi connectivity index (χ0n) is 27.4. The molecule has 0 spiro atoms. The number of aliphatic carboxylic acids is 1. The van der Waals surface area contributed by atoms with Gasteiger partial charge in [0, 0.05) is 16.9 Å². The second kappa shape index (κ2) is 9.41. The minimum atomic E-state index is -0.764. The molecule has 8 atom stereocenters. The van der Waals surface area contributed by atoms with Crippen LogP contribution < -0.4 is 4.74 Å². The summed E-state index contributed by atoms with van der Waals surface area (Å²) in [6, 6.07) is 7.80. The number of para-hydroxylation sites is 1. The lowest BCUT2D eigenvalue weighted by Crippen LogP contribution is -2.66. The van der Waals surface area contributed by atoms with Gasteiger partial charge < -0.3 is 9.84 Å². The third-order valence-electron chi connectivity index (χ3n) is 14.1. The number of carboxylic acids is 1. The lowest BCUT2D eigenvalue weighted by Gasteiger charge is -2.70. The van der Waals surface area contributed by atoms with Gasteiger partial charge in [-0.1, -0.05) is 65.3 Å². The molecule has 4 saturated carbocycles. The molecule has 0 radical (unpaired) electrons. The van der Waals surface area contributed by atoms with Crippen molar-refractivity contribution in [1.82, 2.24) is 0 Å². The average Bonchev–Trinajstić information content (AvgIpc) is 2.93. The highest BCUT2D eigenvalue weighted by Crippen LogP contribution is 2.75. The van der Waals surface area contributed by atoms with E-state index in [1.807, 2.05) is 43.3 Å². The van der Waals surface area contributed by atoms with Gasteiger partial charge in [-0.15, -0.1) is 0 Å². The molecule has 0 bridgehead atoms. The third-order valence-corrected chi connectivity index (χ3v) is 14.1. The highest BCUT2D eigenvalue weighted by molar-refractivity contribution is 6.05. The minimum Gasteiger partial charge on any atom is -0.496 e. The van der Waals surface area contributed by atoms with Crippen LogP contribution in [0.15, 0.2) is 41.5 Å². The number of hydrogen-bond donors (Lipinski definition) is 1. The van der Waals surface area contributed by atoms with Gasteiger partial charge in [-0.25, -0.2) is 0 Å². The molecular weight excluding hydrogens is 536 g/mol. The van der Waals surface area contributed by atoms with E-state index < -0.39 is 16.8 Å². The van der Waals surface area contributed by atoms with E-state index in [1.165, 1.54) is 5.57 Å². The van der Waals surface area contributed by atoms with E-state index in [4.69, 9.17) is 4.74 Å². The molecule has 1 N–H and O–H groups in total. The van der Waals surface area contributed by atoms with E-state index in [0.717, 1.165) is 49.0 Å². The molecule has 0 heterocycles. The number of ether oxygens (including phenoxy) is 1. The Hall–Kier alpha value is -2.69. The lowest BCUT2D eigenvalue weighted by molar-refractivity contribution is -0.183. The van der Waals surface area contributed by atoms with Crippen LogP contribution in [0.5, 0.6) is 5.75 Å². The van der Waals surface area contributed by atoms with Crippen molar-refractivity contribution in [2.24, 2.45) is 50.2 Å². The van der Waals surface area contributed by atoms with E-state index >= 15 is 0 Å². The van der Waals surface area contributed by atoms with Crippen LogP contribution in [0.1, 0.15) is 105 Å². The molecule has 43 heavy (non-hydrogen) atoms. The summed E-state index contributed by atoms with van der Waals surface area (Å²) in [4.78, 5) is 41.2. The molecule has 0 unspecified atom stereocenters. The van der Waals surface area contributed by atoms with E-state index in [2.05, 4.69) is 41.5 Å². The SMILES string of the molecule is COc1ccccc1/C=C1\C[C@]2(C)[C@H]3C(=O)C=C4[C@@H]5C[C@@](C)(C(=O)O)CC[C@]5(C)CC[C@@]4(C)[C@]3(C)CC[C@H]2C(C)(C)C1=O. The number of carbonyl (C=O) groups is 3. The maximum absolute atomic E-state index is 14.7. The van der Waals surface area contributed by atoms with Gasteiger partial charge in [0.1, 0.15) is 5.75 Å². The largest absolute Gasteiger partial charge is 0.496 e. The molecule has 5 aliphatic carbocycles. The first-order valence-electron chi connectivity index (χ1n) is 16.3. The summed E-state index contributed by atoms with van der Waals surface area (Å²) in [5.41, 5.74) is 0.700. The highest BCUT2D eigenvalue weighted by Gasteiger charge is 2.70. The number of hydrogen-bond acceptors (Lipinski definition) is 4. The van der Waals surface area contributed by atoms with Crippen molar-refractivity contribution in [3.05, 3.63) is 47.1 Å². The number of carboxylic acid groups (broad SMARTS) is 1. The summed E-state index contributed by atoms with van der Waals surface area (Å²) in [5.74, 6) is 0.376. The van der Waals surface area contributed by atoms with Crippen LogP contribution in [0.3, 0.4) is 0 Å². The maximum Gasteiger partial charge on any atom is 0.309 e. The molecule has 5 heteroatoms. The summed E-state index contributed by atoms with van der Waals surface area (Å²) in [6.07, 6.45) is 10.6. The normalized spacial score (nSPS) is 44.4. The van der Waals surface area contributed by atoms with Crippen molar-refractivity contribution < 1.29 is 24.2 Å². The fraction of sp³-hybridized carbons (Fsp3) is 0.658. The minimum absolute atomic E-state index is 0.0226. The van der Waals surface area contributed by atoms with Crippen molar-refractivity contribution >= 4 is 23.6 Å². The van der Waals surface area contributed by atoms with Crippen molar-refractivity contribution in [3.8, 4) is 5.75 Å². The van der Waals surface area contributed by atoms with Crippen LogP contribution in [0.2, 0.25) is 0 Å². The van der Waals surface area contributed by atoms with E-state index in [1.54, 1.807) is 7.11 Å². The number of benzene rings is 1. The van der Waals surface area contributed by atoms with Gasteiger partial charge in [-0.05, 0) is 116 Å². The first-order valence-corrected chi connectivity index (χ1v) is 16.3. The van der Waals surface area contributed by atoms with Crippen molar-refractivity contribution in [1.29, 1.82) is 0 Å².